The highest BCUT2D eigenvalue weighted by Crippen LogP contribution is 2.16. The van der Waals surface area contributed by atoms with Crippen molar-refractivity contribution in [3.63, 3.8) is 0 Å². The van der Waals surface area contributed by atoms with Gasteiger partial charge in [0.05, 0.1) is 28.4 Å². The number of nitrogens with zero attached hydrogens (tertiary/aromatic N) is 5. The molecule has 0 fully saturated rings. The Morgan fingerprint density at radius 2 is 1.84 bits per heavy atom. The van der Waals surface area contributed by atoms with Gasteiger partial charge >= 0.3 is 0 Å². The molecule has 0 saturated carbocycles. The van der Waals surface area contributed by atoms with Crippen LogP contribution >= 0.6 is 0 Å². The maximum absolute atomic E-state index is 13.0. The number of rotatable bonds is 6. The molecule has 2 aromatic heterocycles. The van der Waals surface area contributed by atoms with Crippen LogP contribution < -0.4 is 5.56 Å². The van der Waals surface area contributed by atoms with Gasteiger partial charge in [0.1, 0.15) is 0 Å². The summed E-state index contributed by atoms with van der Waals surface area (Å²) in [4.78, 5) is 27.9. The van der Waals surface area contributed by atoms with Crippen molar-refractivity contribution in [2.24, 2.45) is 4.99 Å². The third-order valence-electron chi connectivity index (χ3n) is 4.85. The first-order valence-corrected chi connectivity index (χ1v) is 9.62. The van der Waals surface area contributed by atoms with Gasteiger partial charge < -0.3 is 0 Å². The number of aryl methyl sites for hydroxylation is 1. The van der Waals surface area contributed by atoms with Crippen LogP contribution in [0.3, 0.4) is 0 Å². The van der Waals surface area contributed by atoms with Gasteiger partial charge in [-0.25, -0.2) is 9.67 Å². The van der Waals surface area contributed by atoms with Crippen LogP contribution in [-0.2, 0) is 6.54 Å². The van der Waals surface area contributed by atoms with Crippen molar-refractivity contribution in [1.82, 2.24) is 19.6 Å². The van der Waals surface area contributed by atoms with Crippen LogP contribution in [-0.4, -0.2) is 30.2 Å². The van der Waals surface area contributed by atoms with E-state index in [4.69, 9.17) is 0 Å². The van der Waals surface area contributed by atoms with Crippen molar-refractivity contribution in [2.45, 2.75) is 20.4 Å². The molecule has 9 heteroatoms. The number of hydrogen-bond acceptors (Lipinski definition) is 5. The van der Waals surface area contributed by atoms with Gasteiger partial charge in [0.25, 0.3) is 11.2 Å². The summed E-state index contributed by atoms with van der Waals surface area (Å²) in [5.74, 6) is 0.510. The first-order valence-electron chi connectivity index (χ1n) is 9.62. The van der Waals surface area contributed by atoms with E-state index in [-0.39, 0.29) is 11.2 Å². The normalized spacial score (nSPS) is 11.6. The lowest BCUT2D eigenvalue weighted by Crippen LogP contribution is -2.19. The average molecular weight is 416 g/mol. The first kappa shape index (κ1) is 20.0. The summed E-state index contributed by atoms with van der Waals surface area (Å²) in [5, 5.41) is 18.3. The lowest BCUT2D eigenvalue weighted by atomic mass is 10.2. The number of hydrogen-bond donors (Lipinski definition) is 1. The highest BCUT2D eigenvalue weighted by Gasteiger charge is 2.16. The predicted octanol–water partition coefficient (Wildman–Crippen LogP) is 3.77. The number of nitrogens with one attached hydrogen (secondary N) is 1. The molecule has 1 N–H and O–H groups in total. The summed E-state index contributed by atoms with van der Waals surface area (Å²) in [5.41, 5.74) is 2.93. The predicted molar refractivity (Wildman–Crippen MR) is 117 cm³/mol. The smallest absolute Gasteiger partial charge is 0.280 e. The van der Waals surface area contributed by atoms with E-state index in [0.717, 1.165) is 5.56 Å². The average Bonchev–Trinajstić information content (AvgIpc) is 3.31. The Bertz CT molecular complexity index is 1310. The zero-order chi connectivity index (χ0) is 22.0. The Labute approximate surface area is 177 Å². The standard InChI is InChI=1S/C22H20N6O3/c1-15(23-20-12-13-26(25-20)14-17-6-4-3-5-7-17)21-16(2)24-27(22(21)29)18-8-10-19(11-9-18)28(30)31/h3-13,24H,14H2,1-2H3. The topological polar surface area (TPSA) is 111 Å². The summed E-state index contributed by atoms with van der Waals surface area (Å²) < 4.78 is 3.14. The Morgan fingerprint density at radius 1 is 1.13 bits per heavy atom. The van der Waals surface area contributed by atoms with E-state index in [0.29, 0.717) is 35.0 Å². The minimum absolute atomic E-state index is 0.0378. The van der Waals surface area contributed by atoms with Gasteiger partial charge in [-0.3, -0.25) is 24.7 Å². The highest BCUT2D eigenvalue weighted by atomic mass is 16.6. The fourth-order valence-electron chi connectivity index (χ4n) is 3.37. The molecule has 0 bridgehead atoms. The van der Waals surface area contributed by atoms with Gasteiger partial charge in [0.2, 0.25) is 0 Å². The van der Waals surface area contributed by atoms with E-state index in [9.17, 15) is 14.9 Å². The number of aromatic amines is 1. The molecule has 4 aromatic rings. The maximum atomic E-state index is 13.0. The quantitative estimate of drug-likeness (QED) is 0.293. The van der Waals surface area contributed by atoms with Gasteiger partial charge in [-0.15, -0.1) is 0 Å². The van der Waals surface area contributed by atoms with E-state index in [1.165, 1.54) is 28.9 Å². The van der Waals surface area contributed by atoms with Crippen molar-refractivity contribution >= 4 is 17.2 Å². The second-order valence-electron chi connectivity index (χ2n) is 7.08. The van der Waals surface area contributed by atoms with E-state index in [1.54, 1.807) is 24.6 Å². The van der Waals surface area contributed by atoms with Gasteiger partial charge in [-0.05, 0) is 31.5 Å². The molecular formula is C22H20N6O3. The molecule has 0 radical (unpaired) electrons. The second-order valence-corrected chi connectivity index (χ2v) is 7.08. The number of aromatic nitrogens is 4. The minimum atomic E-state index is -0.480. The number of aliphatic imine (C=N–C) groups is 1. The van der Waals surface area contributed by atoms with Crippen molar-refractivity contribution in [2.75, 3.05) is 0 Å². The third-order valence-corrected chi connectivity index (χ3v) is 4.85. The van der Waals surface area contributed by atoms with Crippen LogP contribution in [0, 0.1) is 17.0 Å². The maximum Gasteiger partial charge on any atom is 0.280 e. The molecule has 156 valence electrons. The van der Waals surface area contributed by atoms with E-state index in [2.05, 4.69) is 15.2 Å². The summed E-state index contributed by atoms with van der Waals surface area (Å²) in [6, 6.07) is 17.5. The highest BCUT2D eigenvalue weighted by molar-refractivity contribution is 6.00. The first-order chi connectivity index (χ1) is 14.9. The third kappa shape index (κ3) is 4.20. The lowest BCUT2D eigenvalue weighted by Gasteiger charge is -2.01. The summed E-state index contributed by atoms with van der Waals surface area (Å²) in [6.45, 7) is 4.17. The summed E-state index contributed by atoms with van der Waals surface area (Å²) in [6.07, 6.45) is 1.85. The number of H-pyrrole nitrogens is 1. The molecule has 0 saturated heterocycles. The fourth-order valence-corrected chi connectivity index (χ4v) is 3.37. The zero-order valence-electron chi connectivity index (χ0n) is 17.0. The molecule has 0 aliphatic carbocycles. The van der Waals surface area contributed by atoms with Gasteiger partial charge in [0.15, 0.2) is 5.82 Å². The second kappa shape index (κ2) is 8.23. The number of benzene rings is 2. The zero-order valence-corrected chi connectivity index (χ0v) is 17.0. The Balaban J connectivity index is 1.60. The van der Waals surface area contributed by atoms with Crippen LogP contribution in [0.15, 0.2) is 76.6 Å². The monoisotopic (exact) mass is 416 g/mol. The van der Waals surface area contributed by atoms with Crippen LogP contribution in [0.2, 0.25) is 0 Å². The number of non-ortho nitro benzene ring substituents is 1. The molecule has 0 spiro atoms. The molecule has 0 aliphatic heterocycles. The summed E-state index contributed by atoms with van der Waals surface area (Å²) in [7, 11) is 0. The fraction of sp³-hybridized carbons (Fsp3) is 0.136. The molecule has 4 rings (SSSR count). The lowest BCUT2D eigenvalue weighted by molar-refractivity contribution is -0.384. The van der Waals surface area contributed by atoms with Crippen molar-refractivity contribution < 1.29 is 4.92 Å². The molecule has 31 heavy (non-hydrogen) atoms. The molecule has 2 aromatic carbocycles. The van der Waals surface area contributed by atoms with Crippen LogP contribution in [0.5, 0.6) is 0 Å². The van der Waals surface area contributed by atoms with Crippen molar-refractivity contribution in [3.8, 4) is 5.69 Å². The Hall–Kier alpha value is -4.27. The largest absolute Gasteiger partial charge is 0.295 e. The number of nitro groups is 1. The number of nitro benzene ring substituents is 1. The van der Waals surface area contributed by atoms with Crippen molar-refractivity contribution in [1.29, 1.82) is 0 Å². The van der Waals surface area contributed by atoms with Gasteiger partial charge in [-0.1, -0.05) is 30.3 Å². The molecule has 0 atom stereocenters. The Morgan fingerprint density at radius 3 is 2.52 bits per heavy atom. The van der Waals surface area contributed by atoms with Gasteiger partial charge in [0, 0.05) is 30.1 Å². The Kier molecular flexibility index (Phi) is 5.31. The molecular weight excluding hydrogens is 396 g/mol. The molecule has 0 amide bonds. The van der Waals surface area contributed by atoms with E-state index in [1.807, 2.05) is 36.5 Å². The van der Waals surface area contributed by atoms with E-state index >= 15 is 0 Å². The SMILES string of the molecule is CC(=Nc1ccn(Cc2ccccc2)n1)c1c(C)[nH]n(-c2ccc([N+](=O)[O-])cc2)c1=O. The molecule has 9 nitrogen and oxygen atoms in total. The molecule has 0 aliphatic rings. The van der Waals surface area contributed by atoms with Crippen LogP contribution in [0.1, 0.15) is 23.7 Å². The van der Waals surface area contributed by atoms with Crippen LogP contribution in [0.4, 0.5) is 11.5 Å². The summed E-state index contributed by atoms with van der Waals surface area (Å²) >= 11 is 0. The minimum Gasteiger partial charge on any atom is -0.295 e. The van der Waals surface area contributed by atoms with Crippen molar-refractivity contribution in [3.05, 3.63) is 104 Å². The van der Waals surface area contributed by atoms with Gasteiger partial charge in [-0.2, -0.15) is 5.10 Å². The van der Waals surface area contributed by atoms with Crippen LogP contribution in [0.25, 0.3) is 5.69 Å². The molecule has 0 unspecified atom stereocenters. The van der Waals surface area contributed by atoms with E-state index < -0.39 is 4.92 Å². The molecule has 2 heterocycles.